The van der Waals surface area contributed by atoms with Gasteiger partial charge in [-0.2, -0.15) is 0 Å². The minimum atomic E-state index is -0.473. The Morgan fingerprint density at radius 3 is 2.23 bits per heavy atom. The second kappa shape index (κ2) is 5.24. The van der Waals surface area contributed by atoms with Crippen molar-refractivity contribution in [2.24, 2.45) is 0 Å². The molecule has 3 aromatic rings. The van der Waals surface area contributed by atoms with Crippen LogP contribution in [0.5, 0.6) is 0 Å². The molecule has 0 aromatic heterocycles. The van der Waals surface area contributed by atoms with Gasteiger partial charge in [-0.15, -0.1) is 0 Å². The van der Waals surface area contributed by atoms with Crippen LogP contribution in [-0.4, -0.2) is 12.2 Å². The van der Waals surface area contributed by atoms with Crippen molar-refractivity contribution in [2.75, 3.05) is 7.05 Å². The number of benzene rings is 3. The van der Waals surface area contributed by atoms with Crippen molar-refractivity contribution in [3.63, 3.8) is 0 Å². The van der Waals surface area contributed by atoms with Gasteiger partial charge < -0.3 is 10.4 Å². The summed E-state index contributed by atoms with van der Waals surface area (Å²) in [6.07, 6.45) is -0.473. The van der Waals surface area contributed by atoms with E-state index in [1.807, 2.05) is 25.2 Å². The number of aliphatic hydroxyl groups excluding tert-OH is 1. The fraction of sp³-hybridized carbons (Fsp3) is 0.200. The highest BCUT2D eigenvalue weighted by molar-refractivity contribution is 5.92. The number of hydrogen-bond donors (Lipinski definition) is 2. The number of aliphatic hydroxyl groups is 1. The van der Waals surface area contributed by atoms with Gasteiger partial charge in [0.15, 0.2) is 0 Å². The second-order valence-corrected chi connectivity index (χ2v) is 5.94. The van der Waals surface area contributed by atoms with Gasteiger partial charge in [0.05, 0.1) is 6.10 Å². The van der Waals surface area contributed by atoms with E-state index in [2.05, 4.69) is 53.8 Å². The fourth-order valence-electron chi connectivity index (χ4n) is 3.86. The van der Waals surface area contributed by atoms with Gasteiger partial charge in [-0.05, 0) is 34.5 Å². The molecule has 0 saturated carbocycles. The first-order valence-corrected chi connectivity index (χ1v) is 7.73. The maximum atomic E-state index is 10.9. The number of hydrogen-bond acceptors (Lipinski definition) is 2. The molecule has 2 heteroatoms. The van der Waals surface area contributed by atoms with Crippen molar-refractivity contribution >= 4 is 10.8 Å². The van der Waals surface area contributed by atoms with E-state index >= 15 is 0 Å². The Hall–Kier alpha value is -2.16. The molecular formula is C20H19NO. The van der Waals surface area contributed by atoms with Gasteiger partial charge in [-0.25, -0.2) is 0 Å². The predicted octanol–water partition coefficient (Wildman–Crippen LogP) is 3.93. The molecule has 0 radical (unpaired) electrons. The van der Waals surface area contributed by atoms with Gasteiger partial charge in [-0.3, -0.25) is 0 Å². The van der Waals surface area contributed by atoms with Gasteiger partial charge in [0.25, 0.3) is 0 Å². The minimum Gasteiger partial charge on any atom is -0.388 e. The molecule has 3 aromatic carbocycles. The molecule has 0 fully saturated rings. The molecule has 22 heavy (non-hydrogen) atoms. The largest absolute Gasteiger partial charge is 0.388 e. The van der Waals surface area contributed by atoms with Crippen LogP contribution in [0.15, 0.2) is 66.7 Å². The van der Waals surface area contributed by atoms with Gasteiger partial charge in [0.2, 0.25) is 0 Å². The first kappa shape index (κ1) is 13.5. The normalized spacial score (nSPS) is 21.2. The molecule has 2 N–H and O–H groups in total. The van der Waals surface area contributed by atoms with Crippen LogP contribution in [0, 0.1) is 0 Å². The molecule has 1 aliphatic rings. The number of nitrogens with one attached hydrogen (secondary N) is 1. The van der Waals surface area contributed by atoms with E-state index in [0.29, 0.717) is 0 Å². The van der Waals surface area contributed by atoms with Crippen LogP contribution in [-0.2, 0) is 0 Å². The summed E-state index contributed by atoms with van der Waals surface area (Å²) in [6.45, 7) is 0. The summed E-state index contributed by atoms with van der Waals surface area (Å²) in [5.74, 6) is 0.0356. The van der Waals surface area contributed by atoms with E-state index in [1.165, 1.54) is 21.9 Å². The summed E-state index contributed by atoms with van der Waals surface area (Å²) in [6, 6.07) is 23.0. The predicted molar refractivity (Wildman–Crippen MR) is 89.9 cm³/mol. The molecule has 0 aliphatic heterocycles. The standard InChI is InChI=1S/C20H19NO/c1-21-19(14-7-3-2-4-8-14)18-15-11-5-9-13-10-6-12-16(17(13)15)20(18)22/h2-12,18-22H,1H3/t18-,19-,20-/m1/s1. The summed E-state index contributed by atoms with van der Waals surface area (Å²) in [4.78, 5) is 0. The zero-order valence-electron chi connectivity index (χ0n) is 12.5. The van der Waals surface area contributed by atoms with Gasteiger partial charge >= 0.3 is 0 Å². The van der Waals surface area contributed by atoms with Gasteiger partial charge in [0, 0.05) is 12.0 Å². The van der Waals surface area contributed by atoms with Crippen molar-refractivity contribution in [3.05, 3.63) is 83.4 Å². The summed E-state index contributed by atoms with van der Waals surface area (Å²) < 4.78 is 0. The zero-order valence-corrected chi connectivity index (χ0v) is 12.5. The first-order valence-electron chi connectivity index (χ1n) is 7.73. The van der Waals surface area contributed by atoms with Gasteiger partial charge in [0.1, 0.15) is 0 Å². The van der Waals surface area contributed by atoms with Crippen molar-refractivity contribution < 1.29 is 5.11 Å². The van der Waals surface area contributed by atoms with E-state index < -0.39 is 6.10 Å². The molecular weight excluding hydrogens is 270 g/mol. The molecule has 0 saturated heterocycles. The maximum absolute atomic E-state index is 10.9. The third-order valence-corrected chi connectivity index (χ3v) is 4.82. The van der Waals surface area contributed by atoms with Crippen LogP contribution in [0.2, 0.25) is 0 Å². The maximum Gasteiger partial charge on any atom is 0.0883 e. The highest BCUT2D eigenvalue weighted by Gasteiger charge is 2.38. The highest BCUT2D eigenvalue weighted by Crippen LogP contribution is 2.50. The molecule has 0 amide bonds. The molecule has 0 unspecified atom stereocenters. The lowest BCUT2D eigenvalue weighted by molar-refractivity contribution is 0.134. The van der Waals surface area contributed by atoms with Crippen LogP contribution in [0.1, 0.15) is 34.8 Å². The van der Waals surface area contributed by atoms with Crippen molar-refractivity contribution in [3.8, 4) is 0 Å². The highest BCUT2D eigenvalue weighted by atomic mass is 16.3. The van der Waals surface area contributed by atoms with E-state index in [1.54, 1.807) is 0 Å². The first-order chi connectivity index (χ1) is 10.8. The Kier molecular flexibility index (Phi) is 3.21. The van der Waals surface area contributed by atoms with Gasteiger partial charge in [-0.1, -0.05) is 66.7 Å². The Morgan fingerprint density at radius 2 is 1.55 bits per heavy atom. The monoisotopic (exact) mass is 289 g/mol. The Bertz CT molecular complexity index is 807. The van der Waals surface area contributed by atoms with Crippen LogP contribution >= 0.6 is 0 Å². The number of rotatable bonds is 3. The average molecular weight is 289 g/mol. The van der Waals surface area contributed by atoms with E-state index in [9.17, 15) is 5.11 Å². The molecule has 110 valence electrons. The summed E-state index contributed by atoms with van der Waals surface area (Å²) in [5.41, 5.74) is 3.50. The quantitative estimate of drug-likeness (QED) is 0.765. The molecule has 4 rings (SSSR count). The Balaban J connectivity index is 1.89. The summed E-state index contributed by atoms with van der Waals surface area (Å²) in [7, 11) is 1.97. The average Bonchev–Trinajstić information content (AvgIpc) is 2.85. The Labute approximate surface area is 130 Å². The topological polar surface area (TPSA) is 32.3 Å². The molecule has 3 atom stereocenters. The second-order valence-electron chi connectivity index (χ2n) is 5.94. The molecule has 0 heterocycles. The van der Waals surface area contributed by atoms with E-state index in [0.717, 1.165) is 5.56 Å². The molecule has 0 bridgehead atoms. The zero-order chi connectivity index (χ0) is 15.1. The SMILES string of the molecule is CN[C@H](c1ccccc1)[C@H]1c2cccc3cccc(c23)[C@H]1O. The van der Waals surface area contributed by atoms with Crippen molar-refractivity contribution in [1.82, 2.24) is 5.32 Å². The summed E-state index contributed by atoms with van der Waals surface area (Å²) >= 11 is 0. The fourth-order valence-corrected chi connectivity index (χ4v) is 3.86. The smallest absolute Gasteiger partial charge is 0.0883 e. The lowest BCUT2D eigenvalue weighted by Crippen LogP contribution is -2.26. The third kappa shape index (κ3) is 1.88. The third-order valence-electron chi connectivity index (χ3n) is 4.82. The Morgan fingerprint density at radius 1 is 0.864 bits per heavy atom. The summed E-state index contributed by atoms with van der Waals surface area (Å²) in [5, 5.41) is 16.8. The van der Waals surface area contributed by atoms with E-state index in [-0.39, 0.29) is 12.0 Å². The van der Waals surface area contributed by atoms with E-state index in [4.69, 9.17) is 0 Å². The molecule has 2 nitrogen and oxygen atoms in total. The van der Waals surface area contributed by atoms with Crippen LogP contribution in [0.25, 0.3) is 10.8 Å². The lowest BCUT2D eigenvalue weighted by atomic mass is 9.86. The van der Waals surface area contributed by atoms with Crippen molar-refractivity contribution in [1.29, 1.82) is 0 Å². The van der Waals surface area contributed by atoms with Crippen LogP contribution in [0.4, 0.5) is 0 Å². The van der Waals surface area contributed by atoms with Crippen molar-refractivity contribution in [2.45, 2.75) is 18.1 Å². The molecule has 1 aliphatic carbocycles. The van der Waals surface area contributed by atoms with Crippen LogP contribution < -0.4 is 5.32 Å². The van der Waals surface area contributed by atoms with Crippen LogP contribution in [0.3, 0.4) is 0 Å². The number of likely N-dealkylation sites (N-methyl/N-ethyl adjacent to an activating group) is 1. The molecule has 0 spiro atoms. The lowest BCUT2D eigenvalue weighted by Gasteiger charge is -2.27. The minimum absolute atomic E-state index is 0.0356.